The fourth-order valence-corrected chi connectivity index (χ4v) is 1.32. The van der Waals surface area contributed by atoms with Crippen molar-refractivity contribution < 1.29 is 9.21 Å². The molecule has 0 aliphatic rings. The van der Waals surface area contributed by atoms with E-state index in [-0.39, 0.29) is 11.7 Å². The lowest BCUT2D eigenvalue weighted by Crippen LogP contribution is -2.00. The van der Waals surface area contributed by atoms with E-state index in [2.05, 4.69) is 20.9 Å². The molecular formula is C10H6BrNO2. The zero-order valence-corrected chi connectivity index (χ0v) is 8.69. The molecule has 0 amide bonds. The second-order valence-electron chi connectivity index (χ2n) is 2.67. The maximum atomic E-state index is 11.6. The summed E-state index contributed by atoms with van der Waals surface area (Å²) in [6.45, 7) is 0. The number of aromatic nitrogens is 1. The molecule has 4 heteroatoms. The Bertz CT molecular complexity index is 434. The zero-order chi connectivity index (χ0) is 9.97. The number of nitrogens with zero attached hydrogens (tertiary/aromatic N) is 1. The quantitative estimate of drug-likeness (QED) is 0.771. The Morgan fingerprint density at radius 2 is 2.00 bits per heavy atom. The summed E-state index contributed by atoms with van der Waals surface area (Å²) in [5.41, 5.74) is 0.565. The average Bonchev–Trinajstić information content (AvgIpc) is 2.71. The predicted molar refractivity (Wildman–Crippen MR) is 54.1 cm³/mol. The van der Waals surface area contributed by atoms with Crippen LogP contribution in [0.3, 0.4) is 0 Å². The van der Waals surface area contributed by atoms with Gasteiger partial charge in [0.1, 0.15) is 6.26 Å². The molecule has 2 rings (SSSR count). The van der Waals surface area contributed by atoms with Crippen molar-refractivity contribution in [2.45, 2.75) is 0 Å². The van der Waals surface area contributed by atoms with Gasteiger partial charge in [-0.1, -0.05) is 15.9 Å². The number of halogens is 1. The summed E-state index contributed by atoms with van der Waals surface area (Å²) in [4.78, 5) is 15.4. The van der Waals surface area contributed by atoms with Crippen molar-refractivity contribution in [1.82, 2.24) is 4.98 Å². The van der Waals surface area contributed by atoms with E-state index in [9.17, 15) is 4.79 Å². The van der Waals surface area contributed by atoms with Gasteiger partial charge in [-0.2, -0.15) is 0 Å². The molecule has 0 aliphatic carbocycles. The largest absolute Gasteiger partial charge is 0.442 e. The lowest BCUT2D eigenvalue weighted by Gasteiger charge is -1.95. The number of benzene rings is 1. The van der Waals surface area contributed by atoms with Crippen molar-refractivity contribution in [1.29, 1.82) is 0 Å². The summed E-state index contributed by atoms with van der Waals surface area (Å²) in [5, 5.41) is 0. The van der Waals surface area contributed by atoms with E-state index in [0.717, 1.165) is 4.47 Å². The van der Waals surface area contributed by atoms with Crippen molar-refractivity contribution in [2.75, 3.05) is 0 Å². The fourth-order valence-electron chi connectivity index (χ4n) is 1.06. The first-order valence-electron chi connectivity index (χ1n) is 3.97. The van der Waals surface area contributed by atoms with Gasteiger partial charge in [0.25, 0.3) is 5.89 Å². The number of ketones is 1. The molecule has 0 aliphatic heterocycles. The number of hydrogen-bond donors (Lipinski definition) is 0. The molecule has 0 N–H and O–H groups in total. The number of carbonyl (C=O) groups is 1. The molecule has 0 saturated heterocycles. The molecule has 0 bridgehead atoms. The second-order valence-corrected chi connectivity index (χ2v) is 3.59. The Morgan fingerprint density at radius 1 is 1.29 bits per heavy atom. The van der Waals surface area contributed by atoms with Crippen LogP contribution in [0.25, 0.3) is 0 Å². The fraction of sp³-hybridized carbons (Fsp3) is 0. The summed E-state index contributed by atoms with van der Waals surface area (Å²) >= 11 is 3.29. The predicted octanol–water partition coefficient (Wildman–Crippen LogP) is 2.67. The molecule has 2 aromatic rings. The topological polar surface area (TPSA) is 43.1 Å². The van der Waals surface area contributed by atoms with Gasteiger partial charge < -0.3 is 4.42 Å². The smallest absolute Gasteiger partial charge is 0.268 e. The van der Waals surface area contributed by atoms with Gasteiger partial charge in [0, 0.05) is 10.0 Å². The van der Waals surface area contributed by atoms with Crippen LogP contribution in [0.2, 0.25) is 0 Å². The minimum absolute atomic E-state index is 0.118. The van der Waals surface area contributed by atoms with Gasteiger partial charge in [0.2, 0.25) is 5.78 Å². The van der Waals surface area contributed by atoms with Gasteiger partial charge >= 0.3 is 0 Å². The van der Waals surface area contributed by atoms with E-state index in [1.807, 2.05) is 0 Å². The first-order valence-corrected chi connectivity index (χ1v) is 4.76. The highest BCUT2D eigenvalue weighted by Crippen LogP contribution is 2.13. The molecule has 1 aromatic carbocycles. The summed E-state index contributed by atoms with van der Waals surface area (Å²) in [5.74, 6) is -0.0881. The highest BCUT2D eigenvalue weighted by Gasteiger charge is 2.12. The number of carbonyl (C=O) groups excluding carboxylic acids is 1. The van der Waals surface area contributed by atoms with Crippen LogP contribution >= 0.6 is 15.9 Å². The van der Waals surface area contributed by atoms with Crippen molar-refractivity contribution in [3.8, 4) is 0 Å². The van der Waals surface area contributed by atoms with E-state index in [4.69, 9.17) is 4.42 Å². The van der Waals surface area contributed by atoms with Gasteiger partial charge in [-0.15, -0.1) is 0 Å². The van der Waals surface area contributed by atoms with Gasteiger partial charge in [-0.25, -0.2) is 4.98 Å². The highest BCUT2D eigenvalue weighted by molar-refractivity contribution is 9.10. The normalized spacial score (nSPS) is 10.1. The molecule has 1 aromatic heterocycles. The third-order valence-corrected chi connectivity index (χ3v) is 2.26. The monoisotopic (exact) mass is 251 g/mol. The summed E-state index contributed by atoms with van der Waals surface area (Å²) in [6, 6.07) is 7.04. The lowest BCUT2D eigenvalue weighted by atomic mass is 10.1. The molecule has 1 heterocycles. The van der Waals surface area contributed by atoms with E-state index in [1.54, 1.807) is 24.3 Å². The van der Waals surface area contributed by atoms with Crippen LogP contribution in [0.15, 0.2) is 45.6 Å². The highest BCUT2D eigenvalue weighted by atomic mass is 79.9. The molecule has 0 spiro atoms. The van der Waals surface area contributed by atoms with Gasteiger partial charge in [-0.05, 0) is 24.3 Å². The Morgan fingerprint density at radius 3 is 2.57 bits per heavy atom. The second kappa shape index (κ2) is 3.75. The Kier molecular flexibility index (Phi) is 2.45. The van der Waals surface area contributed by atoms with Gasteiger partial charge in [-0.3, -0.25) is 4.79 Å². The van der Waals surface area contributed by atoms with Crippen LogP contribution in [0.1, 0.15) is 16.2 Å². The van der Waals surface area contributed by atoms with Crippen molar-refractivity contribution in [3.05, 3.63) is 52.7 Å². The van der Waals surface area contributed by atoms with Gasteiger partial charge in [0.15, 0.2) is 0 Å². The first kappa shape index (κ1) is 9.15. The van der Waals surface area contributed by atoms with Crippen molar-refractivity contribution >= 4 is 21.7 Å². The number of rotatable bonds is 2. The van der Waals surface area contributed by atoms with Crippen LogP contribution in [-0.2, 0) is 0 Å². The molecule has 70 valence electrons. The number of hydrogen-bond acceptors (Lipinski definition) is 3. The molecule has 0 fully saturated rings. The molecule has 0 saturated carbocycles. The third-order valence-electron chi connectivity index (χ3n) is 1.73. The standard InChI is InChI=1S/C10H6BrNO2/c11-8-3-1-7(2-4-8)9(13)10-12-5-6-14-10/h1-6H. The van der Waals surface area contributed by atoms with Crippen LogP contribution in [-0.4, -0.2) is 10.8 Å². The molecule has 14 heavy (non-hydrogen) atoms. The van der Waals surface area contributed by atoms with E-state index < -0.39 is 0 Å². The lowest BCUT2D eigenvalue weighted by molar-refractivity contribution is 0.100. The number of oxazole rings is 1. The molecule has 0 unspecified atom stereocenters. The SMILES string of the molecule is O=C(c1ccc(Br)cc1)c1ncco1. The van der Waals surface area contributed by atoms with Crippen LogP contribution in [0.4, 0.5) is 0 Å². The van der Waals surface area contributed by atoms with Gasteiger partial charge in [0.05, 0.1) is 6.20 Å². The van der Waals surface area contributed by atoms with Crippen molar-refractivity contribution in [3.63, 3.8) is 0 Å². The zero-order valence-electron chi connectivity index (χ0n) is 7.11. The molecule has 3 nitrogen and oxygen atoms in total. The Balaban J connectivity index is 2.33. The maximum Gasteiger partial charge on any atom is 0.268 e. The third kappa shape index (κ3) is 1.75. The summed E-state index contributed by atoms with van der Waals surface area (Å²) in [6.07, 6.45) is 2.83. The average molecular weight is 252 g/mol. The molecular weight excluding hydrogens is 246 g/mol. The van der Waals surface area contributed by atoms with Crippen molar-refractivity contribution in [2.24, 2.45) is 0 Å². The van der Waals surface area contributed by atoms with Crippen LogP contribution in [0.5, 0.6) is 0 Å². The maximum absolute atomic E-state index is 11.6. The summed E-state index contributed by atoms with van der Waals surface area (Å²) in [7, 11) is 0. The molecule has 0 atom stereocenters. The van der Waals surface area contributed by atoms with Crippen LogP contribution < -0.4 is 0 Å². The minimum atomic E-state index is -0.206. The Hall–Kier alpha value is -1.42. The Labute approximate surface area is 88.9 Å². The van der Waals surface area contributed by atoms with Crippen LogP contribution in [0, 0.1) is 0 Å². The minimum Gasteiger partial charge on any atom is -0.442 e. The molecule has 0 radical (unpaired) electrons. The van der Waals surface area contributed by atoms with E-state index in [0.29, 0.717) is 5.56 Å². The summed E-state index contributed by atoms with van der Waals surface area (Å²) < 4.78 is 5.84. The first-order chi connectivity index (χ1) is 6.77. The van der Waals surface area contributed by atoms with E-state index >= 15 is 0 Å². The van der Waals surface area contributed by atoms with E-state index in [1.165, 1.54) is 12.5 Å².